The van der Waals surface area contributed by atoms with Crippen molar-refractivity contribution in [1.29, 1.82) is 0 Å². The van der Waals surface area contributed by atoms with E-state index in [2.05, 4.69) is 4.72 Å². The molecule has 0 atom stereocenters. The summed E-state index contributed by atoms with van der Waals surface area (Å²) < 4.78 is 31.0. The fourth-order valence-electron chi connectivity index (χ4n) is 1.71. The molecule has 6 nitrogen and oxygen atoms in total. The highest BCUT2D eigenvalue weighted by Crippen LogP contribution is 2.32. The Bertz CT molecular complexity index is 705. The molecule has 0 bridgehead atoms. The number of primary amides is 1. The minimum absolute atomic E-state index is 0.116. The van der Waals surface area contributed by atoms with Crippen molar-refractivity contribution in [2.45, 2.75) is 4.90 Å². The quantitative estimate of drug-likeness (QED) is 0.870. The smallest absolute Gasteiger partial charge is 0.285 e. The second-order valence-corrected chi connectivity index (χ2v) is 5.60. The first-order valence-electron chi connectivity index (χ1n) is 5.37. The van der Waals surface area contributed by atoms with Gasteiger partial charge >= 0.3 is 0 Å². The van der Waals surface area contributed by atoms with E-state index in [4.69, 9.17) is 10.2 Å². The molecule has 0 aliphatic heterocycles. The Morgan fingerprint density at radius 3 is 2.42 bits per heavy atom. The average Bonchev–Trinajstić information content (AvgIpc) is 2.85. The first-order valence-corrected chi connectivity index (χ1v) is 6.86. The van der Waals surface area contributed by atoms with Crippen LogP contribution in [0, 0.1) is 0 Å². The topological polar surface area (TPSA) is 102 Å². The molecule has 0 saturated heterocycles. The number of nitrogens with one attached hydrogen (secondary N) is 1. The molecule has 1 amide bonds. The number of sulfonamides is 1. The molecule has 0 spiro atoms. The highest BCUT2D eigenvalue weighted by molar-refractivity contribution is 7.89. The van der Waals surface area contributed by atoms with Crippen LogP contribution in [0.15, 0.2) is 45.9 Å². The van der Waals surface area contributed by atoms with Crippen LogP contribution in [-0.2, 0) is 10.0 Å². The zero-order chi connectivity index (χ0) is 14.0. The first kappa shape index (κ1) is 13.3. The van der Waals surface area contributed by atoms with Crippen LogP contribution in [0.2, 0.25) is 0 Å². The number of carbonyl (C=O) groups is 1. The molecule has 3 N–H and O–H groups in total. The molecule has 0 saturated carbocycles. The molecular weight excluding hydrogens is 268 g/mol. The Hall–Kier alpha value is -2.12. The lowest BCUT2D eigenvalue weighted by Gasteiger charge is -2.05. The third kappa shape index (κ3) is 2.38. The minimum atomic E-state index is -3.74. The maximum absolute atomic E-state index is 11.9. The van der Waals surface area contributed by atoms with Gasteiger partial charge in [0.05, 0.1) is 5.56 Å². The van der Waals surface area contributed by atoms with E-state index in [1.54, 1.807) is 30.3 Å². The summed E-state index contributed by atoms with van der Waals surface area (Å²) in [6, 6.07) is 8.57. The van der Waals surface area contributed by atoms with Crippen LogP contribution < -0.4 is 10.5 Å². The van der Waals surface area contributed by atoms with E-state index in [1.165, 1.54) is 7.05 Å². The lowest BCUT2D eigenvalue weighted by molar-refractivity contribution is 0.0975. The number of nitrogens with two attached hydrogens (primary N) is 1. The molecule has 0 unspecified atom stereocenters. The number of benzene rings is 1. The van der Waals surface area contributed by atoms with Gasteiger partial charge in [-0.2, -0.15) is 0 Å². The van der Waals surface area contributed by atoms with Crippen LogP contribution in [0.25, 0.3) is 11.1 Å². The van der Waals surface area contributed by atoms with Crippen LogP contribution in [0.3, 0.4) is 0 Å². The van der Waals surface area contributed by atoms with Crippen molar-refractivity contribution in [3.63, 3.8) is 0 Å². The molecule has 0 aliphatic carbocycles. The van der Waals surface area contributed by atoms with Crippen molar-refractivity contribution in [3.8, 4) is 11.1 Å². The normalized spacial score (nSPS) is 11.4. The molecule has 1 aromatic heterocycles. The van der Waals surface area contributed by atoms with Gasteiger partial charge in [0.15, 0.2) is 5.76 Å². The van der Waals surface area contributed by atoms with E-state index in [-0.39, 0.29) is 16.2 Å². The summed E-state index contributed by atoms with van der Waals surface area (Å²) in [6.07, 6.45) is 1.01. The maximum atomic E-state index is 11.9. The zero-order valence-corrected chi connectivity index (χ0v) is 10.9. The molecule has 0 radical (unpaired) electrons. The highest BCUT2D eigenvalue weighted by Gasteiger charge is 2.26. The van der Waals surface area contributed by atoms with Crippen LogP contribution >= 0.6 is 0 Å². The third-order valence-electron chi connectivity index (χ3n) is 2.60. The van der Waals surface area contributed by atoms with Crippen LogP contribution in [0.4, 0.5) is 0 Å². The van der Waals surface area contributed by atoms with Gasteiger partial charge in [-0.15, -0.1) is 0 Å². The number of hydrogen-bond donors (Lipinski definition) is 2. The van der Waals surface area contributed by atoms with Gasteiger partial charge in [-0.1, -0.05) is 30.3 Å². The second-order valence-electron chi connectivity index (χ2n) is 3.74. The van der Waals surface area contributed by atoms with Crippen molar-refractivity contribution in [3.05, 3.63) is 42.4 Å². The molecule has 2 rings (SSSR count). The number of hydrogen-bond acceptors (Lipinski definition) is 4. The number of furan rings is 1. The average molecular weight is 280 g/mol. The van der Waals surface area contributed by atoms with E-state index in [1.807, 2.05) is 0 Å². The monoisotopic (exact) mass is 280 g/mol. The SMILES string of the molecule is CNS(=O)(=O)c1coc(C(N)=O)c1-c1ccccc1. The van der Waals surface area contributed by atoms with E-state index < -0.39 is 15.9 Å². The standard InChI is InChI=1S/C12H12N2O4S/c1-14-19(16,17)9-7-18-11(12(13)15)10(9)8-5-3-2-4-6-8/h2-7,14H,1H3,(H2,13,15). The van der Waals surface area contributed by atoms with Gasteiger partial charge in [0.25, 0.3) is 5.91 Å². The van der Waals surface area contributed by atoms with Crippen molar-refractivity contribution < 1.29 is 17.6 Å². The van der Waals surface area contributed by atoms with E-state index in [0.717, 1.165) is 6.26 Å². The van der Waals surface area contributed by atoms with E-state index in [9.17, 15) is 13.2 Å². The van der Waals surface area contributed by atoms with Crippen LogP contribution in [0.1, 0.15) is 10.6 Å². The van der Waals surface area contributed by atoms with Crippen LogP contribution in [0.5, 0.6) is 0 Å². The minimum Gasteiger partial charge on any atom is -0.457 e. The zero-order valence-electron chi connectivity index (χ0n) is 10.1. The molecule has 0 fully saturated rings. The molecular formula is C12H12N2O4S. The number of rotatable bonds is 4. The number of amides is 1. The van der Waals surface area contributed by atoms with Gasteiger partial charge in [-0.3, -0.25) is 4.79 Å². The first-order chi connectivity index (χ1) is 8.97. The lowest BCUT2D eigenvalue weighted by atomic mass is 10.1. The molecule has 2 aromatic rings. The van der Waals surface area contributed by atoms with Gasteiger partial charge < -0.3 is 10.2 Å². The van der Waals surface area contributed by atoms with Crippen molar-refractivity contribution in [1.82, 2.24) is 4.72 Å². The summed E-state index contributed by atoms with van der Waals surface area (Å²) >= 11 is 0. The summed E-state index contributed by atoms with van der Waals surface area (Å²) in [5.74, 6) is -1.00. The molecule has 1 aromatic carbocycles. The predicted molar refractivity (Wildman–Crippen MR) is 68.9 cm³/mol. The molecule has 7 heteroatoms. The lowest BCUT2D eigenvalue weighted by Crippen LogP contribution is -2.19. The maximum Gasteiger partial charge on any atom is 0.285 e. The Morgan fingerprint density at radius 1 is 1.26 bits per heavy atom. The molecule has 1 heterocycles. The summed E-state index contributed by atoms with van der Waals surface area (Å²) in [7, 11) is -2.46. The van der Waals surface area contributed by atoms with Gasteiger partial charge in [0.2, 0.25) is 10.0 Å². The fraction of sp³-hybridized carbons (Fsp3) is 0.0833. The summed E-state index contributed by atoms with van der Waals surface area (Å²) in [5.41, 5.74) is 5.91. The fourth-order valence-corrected chi connectivity index (χ4v) is 2.58. The third-order valence-corrected chi connectivity index (χ3v) is 4.02. The van der Waals surface area contributed by atoms with E-state index >= 15 is 0 Å². The Labute approximate surface area is 110 Å². The molecule has 19 heavy (non-hydrogen) atoms. The van der Waals surface area contributed by atoms with Crippen LogP contribution in [-0.4, -0.2) is 21.4 Å². The van der Waals surface area contributed by atoms with Gasteiger partial charge in [-0.25, -0.2) is 13.1 Å². The molecule has 0 aliphatic rings. The van der Waals surface area contributed by atoms with E-state index in [0.29, 0.717) is 5.56 Å². The van der Waals surface area contributed by atoms with Gasteiger partial charge in [0, 0.05) is 0 Å². The summed E-state index contributed by atoms with van der Waals surface area (Å²) in [4.78, 5) is 11.2. The second kappa shape index (κ2) is 4.87. The van der Waals surface area contributed by atoms with Gasteiger partial charge in [0.1, 0.15) is 11.2 Å². The Morgan fingerprint density at radius 2 is 1.89 bits per heavy atom. The molecule has 100 valence electrons. The van der Waals surface area contributed by atoms with Crippen molar-refractivity contribution in [2.75, 3.05) is 7.05 Å². The van der Waals surface area contributed by atoms with Gasteiger partial charge in [-0.05, 0) is 12.6 Å². The predicted octanol–water partition coefficient (Wildman–Crippen LogP) is 0.954. The Kier molecular flexibility index (Phi) is 3.41. The largest absolute Gasteiger partial charge is 0.457 e. The highest BCUT2D eigenvalue weighted by atomic mass is 32.2. The Balaban J connectivity index is 2.76. The van der Waals surface area contributed by atoms with Crippen molar-refractivity contribution in [2.24, 2.45) is 5.73 Å². The summed E-state index contributed by atoms with van der Waals surface area (Å²) in [5, 5.41) is 0. The number of carbonyl (C=O) groups excluding carboxylic acids is 1. The van der Waals surface area contributed by atoms with Crippen molar-refractivity contribution >= 4 is 15.9 Å². The summed E-state index contributed by atoms with van der Waals surface area (Å²) in [6.45, 7) is 0.